The molecule has 0 aliphatic carbocycles. The molecule has 2 heterocycles. The van der Waals surface area contributed by atoms with Crippen molar-refractivity contribution in [2.24, 2.45) is 0 Å². The van der Waals surface area contributed by atoms with Gasteiger partial charge in [-0.05, 0) is 6.92 Å². The number of aromatic nitrogens is 2. The fraction of sp³-hybridized carbons (Fsp3) is 0.583. The summed E-state index contributed by atoms with van der Waals surface area (Å²) >= 11 is 0. The quantitative estimate of drug-likeness (QED) is 0.777. The zero-order valence-corrected chi connectivity index (χ0v) is 10.3. The summed E-state index contributed by atoms with van der Waals surface area (Å²) < 4.78 is 10.3. The Morgan fingerprint density at radius 2 is 2.35 bits per heavy atom. The van der Waals surface area contributed by atoms with Crippen LogP contribution in [0.2, 0.25) is 0 Å². The molecule has 5 heteroatoms. The van der Waals surface area contributed by atoms with Gasteiger partial charge in [-0.1, -0.05) is 6.08 Å². The summed E-state index contributed by atoms with van der Waals surface area (Å²) in [5, 5.41) is 3.16. The van der Waals surface area contributed by atoms with Gasteiger partial charge < -0.3 is 19.8 Å². The highest BCUT2D eigenvalue weighted by atomic mass is 16.5. The van der Waals surface area contributed by atoms with E-state index < -0.39 is 0 Å². The van der Waals surface area contributed by atoms with Crippen LogP contribution in [-0.2, 0) is 9.47 Å². The monoisotopic (exact) mass is 239 g/mol. The van der Waals surface area contributed by atoms with E-state index in [4.69, 9.17) is 9.47 Å². The Hall–Kier alpha value is -1.17. The Morgan fingerprint density at radius 1 is 1.59 bits per heavy atom. The standard InChI is InChI=1S/C8H12N2O.C4H9NO/c1-3-7(11-4-2)8-9-5-6-10-8;1-3-6-4-2-5-1/h3,5-7H,1,4H2,2H3,(H,9,10);5H,1-4H2. The number of aromatic amines is 1. The van der Waals surface area contributed by atoms with Crippen molar-refractivity contribution in [2.45, 2.75) is 13.0 Å². The normalized spacial score (nSPS) is 16.8. The maximum absolute atomic E-state index is 5.32. The topological polar surface area (TPSA) is 59.2 Å². The second-order valence-corrected chi connectivity index (χ2v) is 3.45. The summed E-state index contributed by atoms with van der Waals surface area (Å²) in [7, 11) is 0. The first-order valence-electron chi connectivity index (χ1n) is 5.90. The van der Waals surface area contributed by atoms with E-state index in [0.717, 1.165) is 32.1 Å². The van der Waals surface area contributed by atoms with Gasteiger partial charge in [0.2, 0.25) is 0 Å². The molecule has 1 aromatic rings. The molecule has 0 amide bonds. The molecule has 0 saturated carbocycles. The molecule has 1 unspecified atom stereocenters. The Kier molecular flexibility index (Phi) is 7.29. The molecule has 1 aliphatic heterocycles. The van der Waals surface area contributed by atoms with Crippen molar-refractivity contribution in [3.8, 4) is 0 Å². The van der Waals surface area contributed by atoms with E-state index in [0.29, 0.717) is 6.61 Å². The lowest BCUT2D eigenvalue weighted by molar-refractivity contribution is 0.0915. The van der Waals surface area contributed by atoms with Crippen molar-refractivity contribution in [1.29, 1.82) is 0 Å². The van der Waals surface area contributed by atoms with Gasteiger partial charge in [0.25, 0.3) is 0 Å². The Morgan fingerprint density at radius 3 is 2.71 bits per heavy atom. The lowest BCUT2D eigenvalue weighted by Crippen LogP contribution is -2.30. The van der Waals surface area contributed by atoms with Crippen molar-refractivity contribution in [2.75, 3.05) is 32.9 Å². The van der Waals surface area contributed by atoms with Crippen LogP contribution in [-0.4, -0.2) is 42.9 Å². The van der Waals surface area contributed by atoms with Crippen molar-refractivity contribution < 1.29 is 9.47 Å². The second kappa shape index (κ2) is 8.92. The molecule has 2 rings (SSSR count). The molecule has 1 atom stereocenters. The SMILES string of the molecule is C1COCCN1.C=CC(OCC)c1ncc[nH]1. The summed E-state index contributed by atoms with van der Waals surface area (Å²) in [6.45, 7) is 10.1. The third kappa shape index (κ3) is 5.63. The Labute approximate surface area is 102 Å². The molecule has 17 heavy (non-hydrogen) atoms. The van der Waals surface area contributed by atoms with E-state index in [-0.39, 0.29) is 6.10 Å². The maximum Gasteiger partial charge on any atom is 0.139 e. The van der Waals surface area contributed by atoms with E-state index in [1.807, 2.05) is 6.92 Å². The van der Waals surface area contributed by atoms with Crippen LogP contribution in [0.25, 0.3) is 0 Å². The number of morpholine rings is 1. The minimum atomic E-state index is -0.102. The number of rotatable bonds is 4. The first-order chi connectivity index (χ1) is 8.38. The van der Waals surface area contributed by atoms with Gasteiger partial charge in [0.1, 0.15) is 11.9 Å². The summed E-state index contributed by atoms with van der Waals surface area (Å²) in [5.41, 5.74) is 0. The van der Waals surface area contributed by atoms with Gasteiger partial charge in [0.15, 0.2) is 0 Å². The first-order valence-corrected chi connectivity index (χ1v) is 5.90. The zero-order chi connectivity index (χ0) is 12.3. The fourth-order valence-corrected chi connectivity index (χ4v) is 1.39. The van der Waals surface area contributed by atoms with Gasteiger partial charge in [-0.15, -0.1) is 6.58 Å². The third-order valence-corrected chi connectivity index (χ3v) is 2.20. The zero-order valence-electron chi connectivity index (χ0n) is 10.3. The van der Waals surface area contributed by atoms with Gasteiger partial charge in [0, 0.05) is 32.1 Å². The smallest absolute Gasteiger partial charge is 0.139 e. The predicted molar refractivity (Wildman–Crippen MR) is 66.8 cm³/mol. The molecule has 1 fully saturated rings. The minimum absolute atomic E-state index is 0.102. The van der Waals surface area contributed by atoms with Crippen LogP contribution in [0.4, 0.5) is 0 Å². The van der Waals surface area contributed by atoms with Gasteiger partial charge in [-0.2, -0.15) is 0 Å². The van der Waals surface area contributed by atoms with E-state index in [1.54, 1.807) is 18.5 Å². The molecule has 0 spiro atoms. The van der Waals surface area contributed by atoms with Gasteiger partial charge in [-0.25, -0.2) is 4.98 Å². The maximum atomic E-state index is 5.32. The van der Waals surface area contributed by atoms with Crippen LogP contribution < -0.4 is 5.32 Å². The lowest BCUT2D eigenvalue weighted by atomic mass is 10.3. The van der Waals surface area contributed by atoms with Gasteiger partial charge >= 0.3 is 0 Å². The largest absolute Gasteiger partial charge is 0.379 e. The molecule has 96 valence electrons. The number of nitrogens with one attached hydrogen (secondary N) is 2. The summed E-state index contributed by atoms with van der Waals surface area (Å²) in [6.07, 6.45) is 5.09. The number of hydrogen-bond donors (Lipinski definition) is 2. The molecule has 0 bridgehead atoms. The number of imidazole rings is 1. The highest BCUT2D eigenvalue weighted by Gasteiger charge is 2.07. The van der Waals surface area contributed by atoms with Crippen LogP contribution >= 0.6 is 0 Å². The molecule has 5 nitrogen and oxygen atoms in total. The highest BCUT2D eigenvalue weighted by Crippen LogP contribution is 2.12. The highest BCUT2D eigenvalue weighted by molar-refractivity contribution is 5.00. The van der Waals surface area contributed by atoms with Crippen molar-refractivity contribution >= 4 is 0 Å². The molecule has 1 aromatic heterocycles. The number of nitrogens with zero attached hydrogens (tertiary/aromatic N) is 1. The van der Waals surface area contributed by atoms with Crippen molar-refractivity contribution in [3.05, 3.63) is 30.9 Å². The molecule has 2 N–H and O–H groups in total. The first kappa shape index (κ1) is 13.9. The van der Waals surface area contributed by atoms with Crippen LogP contribution in [0.15, 0.2) is 25.0 Å². The minimum Gasteiger partial charge on any atom is -0.379 e. The van der Waals surface area contributed by atoms with Crippen LogP contribution in [0.1, 0.15) is 18.9 Å². The van der Waals surface area contributed by atoms with Crippen LogP contribution in [0, 0.1) is 0 Å². The predicted octanol–water partition coefficient (Wildman–Crippen LogP) is 1.28. The average Bonchev–Trinajstić information content (AvgIpc) is 2.92. The molecular weight excluding hydrogens is 218 g/mol. The fourth-order valence-electron chi connectivity index (χ4n) is 1.39. The molecular formula is C12H21N3O2. The van der Waals surface area contributed by atoms with E-state index >= 15 is 0 Å². The number of ether oxygens (including phenoxy) is 2. The van der Waals surface area contributed by atoms with Gasteiger partial charge in [-0.3, -0.25) is 0 Å². The van der Waals surface area contributed by atoms with E-state index in [9.17, 15) is 0 Å². The summed E-state index contributed by atoms with van der Waals surface area (Å²) in [6, 6.07) is 0. The molecule has 1 saturated heterocycles. The number of H-pyrrole nitrogens is 1. The lowest BCUT2D eigenvalue weighted by Gasteiger charge is -2.10. The average molecular weight is 239 g/mol. The molecule has 0 aromatic carbocycles. The van der Waals surface area contributed by atoms with E-state index in [1.165, 1.54) is 0 Å². The van der Waals surface area contributed by atoms with Crippen molar-refractivity contribution in [1.82, 2.24) is 15.3 Å². The van der Waals surface area contributed by atoms with E-state index in [2.05, 4.69) is 21.9 Å². The number of hydrogen-bond acceptors (Lipinski definition) is 4. The molecule has 1 aliphatic rings. The van der Waals surface area contributed by atoms with Gasteiger partial charge in [0.05, 0.1) is 13.2 Å². The Bertz CT molecular complexity index is 272. The van der Waals surface area contributed by atoms with Crippen LogP contribution in [0.5, 0.6) is 0 Å². The summed E-state index contributed by atoms with van der Waals surface area (Å²) in [5.74, 6) is 0.807. The second-order valence-electron chi connectivity index (χ2n) is 3.45. The Balaban J connectivity index is 0.000000202. The molecule has 0 radical (unpaired) electrons. The third-order valence-electron chi connectivity index (χ3n) is 2.20. The summed E-state index contributed by atoms with van der Waals surface area (Å²) in [4.78, 5) is 7.02. The van der Waals surface area contributed by atoms with Crippen LogP contribution in [0.3, 0.4) is 0 Å². The van der Waals surface area contributed by atoms with Crippen molar-refractivity contribution in [3.63, 3.8) is 0 Å².